The standard InChI is InChI=1S/C36H42N4O4S/c41-36(31-16-18-32(19-17-31)38-45(42,43)34-15-5-12-30-13-6-20-37-35(30)34)40-22-7-21-39(23-24-40)27-29-11-4-14-33(26-29)44-25-2-1-8-28-9-3-10-28/h4-6,11-20,26,28,38H,1-3,7-10,21-25,27H2. The summed E-state index contributed by atoms with van der Waals surface area (Å²) in [5.74, 6) is 1.85. The first kappa shape index (κ1) is 31.0. The normalized spacial score (nSPS) is 16.2. The SMILES string of the molecule is O=C(c1ccc(NS(=O)(=O)c2cccc3cccnc23)cc1)N1CCCN(Cc2cccc(OCCCCC3CCC3)c2)CC1. The number of fused-ring (bicyclic) bond motifs is 1. The highest BCUT2D eigenvalue weighted by molar-refractivity contribution is 7.93. The van der Waals surface area contributed by atoms with Crippen molar-refractivity contribution in [1.82, 2.24) is 14.8 Å². The number of carbonyl (C=O) groups is 1. The van der Waals surface area contributed by atoms with Crippen LogP contribution in [-0.2, 0) is 16.6 Å². The van der Waals surface area contributed by atoms with Crippen LogP contribution >= 0.6 is 0 Å². The number of unbranched alkanes of at least 4 members (excludes halogenated alkanes) is 1. The summed E-state index contributed by atoms with van der Waals surface area (Å²) in [6, 6.07) is 23.7. The Balaban J connectivity index is 0.994. The molecule has 1 aromatic heterocycles. The summed E-state index contributed by atoms with van der Waals surface area (Å²) in [4.78, 5) is 22.0. The van der Waals surface area contributed by atoms with Gasteiger partial charge in [0, 0.05) is 55.6 Å². The van der Waals surface area contributed by atoms with Gasteiger partial charge in [0.2, 0.25) is 0 Å². The fourth-order valence-electron chi connectivity index (χ4n) is 6.20. The van der Waals surface area contributed by atoms with Crippen LogP contribution in [0.15, 0.2) is 90.0 Å². The molecule has 0 radical (unpaired) electrons. The number of nitrogens with zero attached hydrogens (tertiary/aromatic N) is 3. The summed E-state index contributed by atoms with van der Waals surface area (Å²) < 4.78 is 35.0. The van der Waals surface area contributed by atoms with E-state index in [1.54, 1.807) is 48.7 Å². The molecule has 1 amide bonds. The van der Waals surface area contributed by atoms with Gasteiger partial charge in [-0.15, -0.1) is 0 Å². The Morgan fingerprint density at radius 3 is 2.53 bits per heavy atom. The molecule has 2 heterocycles. The molecule has 8 nitrogen and oxygen atoms in total. The van der Waals surface area contributed by atoms with Gasteiger partial charge >= 0.3 is 0 Å². The van der Waals surface area contributed by atoms with Gasteiger partial charge in [0.25, 0.3) is 15.9 Å². The smallest absolute Gasteiger partial charge is 0.264 e. The van der Waals surface area contributed by atoms with Crippen LogP contribution in [0.4, 0.5) is 5.69 Å². The van der Waals surface area contributed by atoms with Crippen molar-refractivity contribution in [2.45, 2.75) is 56.4 Å². The van der Waals surface area contributed by atoms with E-state index in [0.717, 1.165) is 56.1 Å². The summed E-state index contributed by atoms with van der Waals surface area (Å²) in [5, 5.41) is 0.750. The molecule has 1 saturated carbocycles. The van der Waals surface area contributed by atoms with Crippen molar-refractivity contribution >= 4 is 32.5 Å². The molecule has 9 heteroatoms. The third kappa shape index (κ3) is 8.02. The zero-order valence-electron chi connectivity index (χ0n) is 25.7. The van der Waals surface area contributed by atoms with Crippen LogP contribution in [0, 0.1) is 5.92 Å². The highest BCUT2D eigenvalue weighted by Crippen LogP contribution is 2.31. The van der Waals surface area contributed by atoms with E-state index in [1.807, 2.05) is 23.1 Å². The summed E-state index contributed by atoms with van der Waals surface area (Å²) in [5.41, 5.74) is 2.57. The van der Waals surface area contributed by atoms with Crippen LogP contribution in [0.25, 0.3) is 10.9 Å². The lowest BCUT2D eigenvalue weighted by atomic mass is 9.82. The minimum absolute atomic E-state index is 0.0442. The Bertz CT molecular complexity index is 1700. The Labute approximate surface area is 266 Å². The maximum atomic E-state index is 13.4. The fraction of sp³-hybridized carbons (Fsp3) is 0.389. The van der Waals surface area contributed by atoms with Crippen molar-refractivity contribution in [2.24, 2.45) is 5.92 Å². The number of nitrogens with one attached hydrogen (secondary N) is 1. The average Bonchev–Trinajstić information content (AvgIpc) is 3.27. The largest absolute Gasteiger partial charge is 0.494 e. The molecule has 236 valence electrons. The second-order valence-electron chi connectivity index (χ2n) is 12.2. The second kappa shape index (κ2) is 14.4. The predicted molar refractivity (Wildman–Crippen MR) is 178 cm³/mol. The van der Waals surface area contributed by atoms with Crippen LogP contribution in [0.5, 0.6) is 5.75 Å². The Kier molecular flexibility index (Phi) is 9.96. The third-order valence-corrected chi connectivity index (χ3v) is 10.4. The fourth-order valence-corrected chi connectivity index (χ4v) is 7.44. The minimum Gasteiger partial charge on any atom is -0.494 e. The molecule has 2 fully saturated rings. The van der Waals surface area contributed by atoms with Gasteiger partial charge in [-0.3, -0.25) is 19.4 Å². The van der Waals surface area contributed by atoms with Gasteiger partial charge in [-0.25, -0.2) is 8.42 Å². The highest BCUT2D eigenvalue weighted by Gasteiger charge is 2.22. The maximum absolute atomic E-state index is 13.4. The minimum atomic E-state index is -3.86. The summed E-state index contributed by atoms with van der Waals surface area (Å²) in [7, 11) is -3.86. The number of anilines is 1. The lowest BCUT2D eigenvalue weighted by molar-refractivity contribution is 0.0761. The number of rotatable bonds is 12. The first-order chi connectivity index (χ1) is 21.9. The van der Waals surface area contributed by atoms with Gasteiger partial charge in [0.1, 0.15) is 10.6 Å². The van der Waals surface area contributed by atoms with Crippen molar-refractivity contribution in [3.8, 4) is 5.75 Å². The van der Waals surface area contributed by atoms with Gasteiger partial charge in [-0.2, -0.15) is 0 Å². The number of hydrogen-bond acceptors (Lipinski definition) is 6. The molecule has 0 spiro atoms. The van der Waals surface area contributed by atoms with Crippen LogP contribution < -0.4 is 9.46 Å². The number of benzene rings is 3. The van der Waals surface area contributed by atoms with Gasteiger partial charge < -0.3 is 9.64 Å². The first-order valence-corrected chi connectivity index (χ1v) is 17.6. The molecule has 4 aromatic rings. The molecule has 1 aliphatic carbocycles. The maximum Gasteiger partial charge on any atom is 0.264 e. The van der Waals surface area contributed by atoms with E-state index in [9.17, 15) is 13.2 Å². The van der Waals surface area contributed by atoms with E-state index in [0.29, 0.717) is 29.9 Å². The predicted octanol–water partition coefficient (Wildman–Crippen LogP) is 6.73. The lowest BCUT2D eigenvalue weighted by Crippen LogP contribution is -2.35. The quantitative estimate of drug-likeness (QED) is 0.175. The van der Waals surface area contributed by atoms with Gasteiger partial charge in [0.15, 0.2) is 0 Å². The van der Waals surface area contributed by atoms with E-state index < -0.39 is 10.0 Å². The van der Waals surface area contributed by atoms with Crippen molar-refractivity contribution in [2.75, 3.05) is 37.5 Å². The number of aromatic nitrogens is 1. The molecular weight excluding hydrogens is 584 g/mol. The van der Waals surface area contributed by atoms with E-state index in [2.05, 4.69) is 32.8 Å². The number of amides is 1. The number of para-hydroxylation sites is 1. The summed E-state index contributed by atoms with van der Waals surface area (Å²) in [6.45, 7) is 4.61. The second-order valence-corrected chi connectivity index (χ2v) is 13.9. The topological polar surface area (TPSA) is 91.8 Å². The number of carbonyl (C=O) groups excluding carboxylic acids is 1. The Hall–Kier alpha value is -3.95. The molecule has 0 unspecified atom stereocenters. The van der Waals surface area contributed by atoms with Crippen molar-refractivity contribution in [1.29, 1.82) is 0 Å². The number of sulfonamides is 1. The number of pyridine rings is 1. The molecular formula is C36H42N4O4S. The zero-order chi connectivity index (χ0) is 31.1. The lowest BCUT2D eigenvalue weighted by Gasteiger charge is -2.25. The molecule has 1 aliphatic heterocycles. The van der Waals surface area contributed by atoms with Crippen LogP contribution in [-0.4, -0.2) is 61.9 Å². The Morgan fingerprint density at radius 2 is 1.71 bits per heavy atom. The molecule has 0 bridgehead atoms. The summed E-state index contributed by atoms with van der Waals surface area (Å²) >= 11 is 0. The molecule has 2 aliphatic rings. The monoisotopic (exact) mass is 626 g/mol. The molecule has 45 heavy (non-hydrogen) atoms. The molecule has 1 N–H and O–H groups in total. The number of ether oxygens (including phenoxy) is 1. The van der Waals surface area contributed by atoms with Crippen LogP contribution in [0.3, 0.4) is 0 Å². The summed E-state index contributed by atoms with van der Waals surface area (Å²) in [6.07, 6.45) is 10.4. The van der Waals surface area contributed by atoms with Gasteiger partial charge in [-0.1, -0.05) is 56.0 Å². The first-order valence-electron chi connectivity index (χ1n) is 16.1. The van der Waals surface area contributed by atoms with Crippen molar-refractivity contribution < 1.29 is 17.9 Å². The van der Waals surface area contributed by atoms with Crippen molar-refractivity contribution in [3.05, 3.63) is 96.2 Å². The molecule has 0 atom stereocenters. The van der Waals surface area contributed by atoms with Gasteiger partial charge in [0.05, 0.1) is 12.1 Å². The number of hydrogen-bond donors (Lipinski definition) is 1. The molecule has 1 saturated heterocycles. The average molecular weight is 627 g/mol. The van der Waals surface area contributed by atoms with Crippen LogP contribution in [0.2, 0.25) is 0 Å². The highest BCUT2D eigenvalue weighted by atomic mass is 32.2. The third-order valence-electron chi connectivity index (χ3n) is 8.95. The van der Waals surface area contributed by atoms with E-state index in [-0.39, 0.29) is 10.8 Å². The Morgan fingerprint density at radius 1 is 0.889 bits per heavy atom. The van der Waals surface area contributed by atoms with E-state index in [4.69, 9.17) is 4.74 Å². The van der Waals surface area contributed by atoms with E-state index >= 15 is 0 Å². The van der Waals surface area contributed by atoms with Gasteiger partial charge in [-0.05, 0) is 79.3 Å². The molecule has 3 aromatic carbocycles. The van der Waals surface area contributed by atoms with Crippen LogP contribution in [0.1, 0.15) is 60.9 Å². The van der Waals surface area contributed by atoms with Crippen molar-refractivity contribution in [3.63, 3.8) is 0 Å². The zero-order valence-corrected chi connectivity index (χ0v) is 26.6. The van der Waals surface area contributed by atoms with E-state index in [1.165, 1.54) is 37.7 Å². The molecule has 6 rings (SSSR count).